The van der Waals surface area contributed by atoms with Crippen molar-refractivity contribution >= 4 is 44.6 Å². The number of H-pyrrole nitrogens is 1. The van der Waals surface area contributed by atoms with Crippen LogP contribution in [0.25, 0.3) is 21.8 Å². The number of fused-ring (bicyclic) bond motifs is 3. The smallest absolute Gasteiger partial charge is 0.0842 e. The zero-order valence-corrected chi connectivity index (χ0v) is 21.2. The maximum Gasteiger partial charge on any atom is 0.0842 e. The first-order valence-corrected chi connectivity index (χ1v) is 12.4. The second-order valence-corrected chi connectivity index (χ2v) is 9.91. The fourth-order valence-corrected chi connectivity index (χ4v) is 5.16. The van der Waals surface area contributed by atoms with Gasteiger partial charge in [0.1, 0.15) is 0 Å². The fourth-order valence-electron chi connectivity index (χ4n) is 5.16. The average molecular weight is 474 g/mol. The van der Waals surface area contributed by atoms with Gasteiger partial charge in [0, 0.05) is 62.3 Å². The quantitative estimate of drug-likeness (QED) is 0.305. The van der Waals surface area contributed by atoms with Crippen LogP contribution >= 0.6 is 0 Å². The Kier molecular flexibility index (Phi) is 5.41. The van der Waals surface area contributed by atoms with E-state index < -0.39 is 0 Å². The molecule has 2 heterocycles. The van der Waals surface area contributed by atoms with E-state index in [1.165, 1.54) is 33.3 Å². The summed E-state index contributed by atoms with van der Waals surface area (Å²) in [6.45, 7) is 0. The lowest BCUT2D eigenvalue weighted by Gasteiger charge is -2.25. The van der Waals surface area contributed by atoms with Gasteiger partial charge in [-0.05, 0) is 47.5 Å². The Morgan fingerprint density at radius 1 is 0.722 bits per heavy atom. The van der Waals surface area contributed by atoms with Crippen LogP contribution in [-0.4, -0.2) is 38.9 Å². The normalized spacial score (nSPS) is 15.5. The molecule has 0 saturated heterocycles. The number of hydrazone groups is 1. The second kappa shape index (κ2) is 8.76. The average Bonchev–Trinajstić information content (AvgIpc) is 3.51. The van der Waals surface area contributed by atoms with Gasteiger partial charge >= 0.3 is 0 Å². The molecule has 6 rings (SSSR count). The van der Waals surface area contributed by atoms with Gasteiger partial charge in [-0.15, -0.1) is 0 Å². The lowest BCUT2D eigenvalue weighted by Crippen LogP contribution is -2.19. The molecule has 1 unspecified atom stereocenters. The molecule has 5 aromatic rings. The Bertz CT molecular complexity index is 1560. The molecule has 1 N–H and O–H groups in total. The summed E-state index contributed by atoms with van der Waals surface area (Å²) in [5, 5.41) is 9.93. The molecule has 180 valence electrons. The monoisotopic (exact) mass is 473 g/mol. The van der Waals surface area contributed by atoms with Crippen LogP contribution in [0.2, 0.25) is 0 Å². The largest absolute Gasteiger partial charge is 0.378 e. The van der Waals surface area contributed by atoms with E-state index in [0.717, 1.165) is 28.9 Å². The standard InChI is InChI=1S/C31H31N5/c1-34(2)23-16-12-21(13-17-23)28-20-30(22-14-18-24(19-15-22)35(3)4)36(33-28)29-11-7-9-26-25-8-5-6-10-27(25)32-31(26)29/h5-19,30,32H,20H2,1-4H3. The predicted molar refractivity (Wildman–Crippen MR) is 154 cm³/mol. The third kappa shape index (κ3) is 3.77. The van der Waals surface area contributed by atoms with Crippen molar-refractivity contribution in [2.75, 3.05) is 43.0 Å². The Hall–Kier alpha value is -4.25. The third-order valence-corrected chi connectivity index (χ3v) is 7.19. The van der Waals surface area contributed by atoms with Crippen molar-refractivity contribution in [2.24, 2.45) is 5.10 Å². The van der Waals surface area contributed by atoms with Crippen LogP contribution in [0.3, 0.4) is 0 Å². The number of nitrogens with zero attached hydrogens (tertiary/aromatic N) is 4. The Morgan fingerprint density at radius 2 is 1.36 bits per heavy atom. The van der Waals surface area contributed by atoms with E-state index >= 15 is 0 Å². The summed E-state index contributed by atoms with van der Waals surface area (Å²) in [6.07, 6.45) is 0.846. The number of anilines is 3. The molecule has 5 heteroatoms. The van der Waals surface area contributed by atoms with Gasteiger partial charge in [0.15, 0.2) is 0 Å². The van der Waals surface area contributed by atoms with Gasteiger partial charge in [0.25, 0.3) is 0 Å². The number of hydrogen-bond acceptors (Lipinski definition) is 4. The summed E-state index contributed by atoms with van der Waals surface area (Å²) >= 11 is 0. The van der Waals surface area contributed by atoms with Crippen LogP contribution in [0.5, 0.6) is 0 Å². The lowest BCUT2D eigenvalue weighted by atomic mass is 9.97. The predicted octanol–water partition coefficient (Wildman–Crippen LogP) is 6.81. The lowest BCUT2D eigenvalue weighted by molar-refractivity contribution is 0.711. The minimum absolute atomic E-state index is 0.113. The van der Waals surface area contributed by atoms with Crippen LogP contribution in [-0.2, 0) is 0 Å². The van der Waals surface area contributed by atoms with Gasteiger partial charge in [0.2, 0.25) is 0 Å². The number of aromatic amines is 1. The molecule has 4 aromatic carbocycles. The fraction of sp³-hybridized carbons (Fsp3) is 0.194. The van der Waals surface area contributed by atoms with Gasteiger partial charge in [0.05, 0.1) is 23.0 Å². The molecule has 1 atom stereocenters. The number of nitrogens with one attached hydrogen (secondary N) is 1. The molecule has 0 aliphatic carbocycles. The van der Waals surface area contributed by atoms with E-state index in [1.54, 1.807) is 0 Å². The van der Waals surface area contributed by atoms with Crippen molar-refractivity contribution in [1.29, 1.82) is 0 Å². The van der Waals surface area contributed by atoms with Gasteiger partial charge < -0.3 is 14.8 Å². The number of aromatic nitrogens is 1. The van der Waals surface area contributed by atoms with Crippen molar-refractivity contribution in [3.05, 3.63) is 102 Å². The summed E-state index contributed by atoms with van der Waals surface area (Å²) in [4.78, 5) is 7.93. The number of para-hydroxylation sites is 2. The summed E-state index contributed by atoms with van der Waals surface area (Å²) in [5.74, 6) is 0. The zero-order chi connectivity index (χ0) is 24.8. The van der Waals surface area contributed by atoms with Crippen molar-refractivity contribution in [1.82, 2.24) is 4.98 Å². The number of hydrogen-bond donors (Lipinski definition) is 1. The van der Waals surface area contributed by atoms with E-state index in [9.17, 15) is 0 Å². The summed E-state index contributed by atoms with van der Waals surface area (Å²) in [6, 6.07) is 32.7. The minimum Gasteiger partial charge on any atom is -0.378 e. The molecule has 0 amide bonds. The highest BCUT2D eigenvalue weighted by Crippen LogP contribution is 2.41. The molecule has 0 saturated carbocycles. The van der Waals surface area contributed by atoms with Crippen molar-refractivity contribution < 1.29 is 0 Å². The molecular weight excluding hydrogens is 442 g/mol. The van der Waals surface area contributed by atoms with Gasteiger partial charge in [-0.3, -0.25) is 5.01 Å². The highest BCUT2D eigenvalue weighted by atomic mass is 15.5. The molecular formula is C31H31N5. The van der Waals surface area contributed by atoms with E-state index in [1.807, 2.05) is 0 Å². The highest BCUT2D eigenvalue weighted by Gasteiger charge is 2.31. The van der Waals surface area contributed by atoms with Gasteiger partial charge in [-0.1, -0.05) is 54.6 Å². The van der Waals surface area contributed by atoms with Crippen LogP contribution < -0.4 is 14.8 Å². The van der Waals surface area contributed by atoms with Crippen LogP contribution in [0.4, 0.5) is 17.1 Å². The SMILES string of the molecule is CN(C)c1ccc(C2=NN(c3cccc4c3[nH]c3ccccc34)C(c3ccc(N(C)C)cc3)C2)cc1. The minimum atomic E-state index is 0.113. The molecule has 5 nitrogen and oxygen atoms in total. The topological polar surface area (TPSA) is 37.9 Å². The molecule has 0 fully saturated rings. The third-order valence-electron chi connectivity index (χ3n) is 7.19. The maximum atomic E-state index is 5.24. The van der Waals surface area contributed by atoms with E-state index in [-0.39, 0.29) is 6.04 Å². The first-order valence-electron chi connectivity index (χ1n) is 12.4. The molecule has 1 aliphatic heterocycles. The molecule has 36 heavy (non-hydrogen) atoms. The van der Waals surface area contributed by atoms with Gasteiger partial charge in [-0.2, -0.15) is 5.10 Å². The number of benzene rings is 4. The van der Waals surface area contributed by atoms with Crippen molar-refractivity contribution in [3.63, 3.8) is 0 Å². The van der Waals surface area contributed by atoms with Crippen molar-refractivity contribution in [3.8, 4) is 0 Å². The summed E-state index contributed by atoms with van der Waals surface area (Å²) in [5.41, 5.74) is 9.30. The Morgan fingerprint density at radius 3 is 2.06 bits per heavy atom. The second-order valence-electron chi connectivity index (χ2n) is 9.91. The van der Waals surface area contributed by atoms with Crippen LogP contribution in [0.1, 0.15) is 23.6 Å². The van der Waals surface area contributed by atoms with Crippen LogP contribution in [0, 0.1) is 0 Å². The maximum absolute atomic E-state index is 5.24. The van der Waals surface area contributed by atoms with Crippen molar-refractivity contribution in [2.45, 2.75) is 12.5 Å². The van der Waals surface area contributed by atoms with Crippen LogP contribution in [0.15, 0.2) is 96.1 Å². The first kappa shape index (κ1) is 22.2. The summed E-state index contributed by atoms with van der Waals surface area (Å²) < 4.78 is 0. The van der Waals surface area contributed by atoms with E-state index in [2.05, 4.69) is 139 Å². The number of rotatable bonds is 5. The molecule has 1 aromatic heterocycles. The molecule has 0 spiro atoms. The zero-order valence-electron chi connectivity index (χ0n) is 21.2. The Balaban J connectivity index is 1.47. The first-order chi connectivity index (χ1) is 17.5. The molecule has 1 aliphatic rings. The molecule has 0 bridgehead atoms. The summed E-state index contributed by atoms with van der Waals surface area (Å²) in [7, 11) is 8.29. The Labute approximate surface area is 212 Å². The highest BCUT2D eigenvalue weighted by molar-refractivity contribution is 6.12. The van der Waals surface area contributed by atoms with E-state index in [0.29, 0.717) is 0 Å². The van der Waals surface area contributed by atoms with Gasteiger partial charge in [-0.25, -0.2) is 0 Å². The molecule has 0 radical (unpaired) electrons. The van der Waals surface area contributed by atoms with E-state index in [4.69, 9.17) is 5.10 Å².